The number of nitro benzene ring substituents is 1. The van der Waals surface area contributed by atoms with Crippen molar-refractivity contribution in [3.63, 3.8) is 0 Å². The van der Waals surface area contributed by atoms with Crippen LogP contribution in [-0.2, 0) is 6.42 Å². The van der Waals surface area contributed by atoms with Crippen LogP contribution < -0.4 is 0 Å². The first-order chi connectivity index (χ1) is 10.2. The Morgan fingerprint density at radius 1 is 1.14 bits per heavy atom. The van der Waals surface area contributed by atoms with Gasteiger partial charge in [0.25, 0.3) is 5.69 Å². The van der Waals surface area contributed by atoms with Crippen LogP contribution in [0.4, 0.5) is 5.69 Å². The van der Waals surface area contributed by atoms with E-state index in [9.17, 15) is 10.1 Å². The summed E-state index contributed by atoms with van der Waals surface area (Å²) in [5.74, 6) is 0.960. The third kappa shape index (κ3) is 3.31. The molecule has 0 radical (unpaired) electrons. The Morgan fingerprint density at radius 2 is 1.86 bits per heavy atom. The Bertz CT molecular complexity index is 668. The molecule has 1 aliphatic rings. The average molecular weight is 298 g/mol. The molecular weight excluding hydrogens is 284 g/mol. The molecule has 0 saturated heterocycles. The lowest BCUT2D eigenvalue weighted by atomic mass is 10.1. The first-order valence-corrected chi connectivity index (χ1v) is 7.70. The predicted molar refractivity (Wildman–Crippen MR) is 86.0 cm³/mol. The van der Waals surface area contributed by atoms with Gasteiger partial charge in [0.1, 0.15) is 0 Å². The molecule has 2 aromatic rings. The molecule has 1 atom stereocenters. The number of thioether (sulfide) groups is 1. The summed E-state index contributed by atoms with van der Waals surface area (Å²) in [6, 6.07) is 17.2. The molecular formula is C16H14N2O2S. The van der Waals surface area contributed by atoms with Gasteiger partial charge in [-0.25, -0.2) is 0 Å². The van der Waals surface area contributed by atoms with Crippen LogP contribution in [0, 0.1) is 10.1 Å². The van der Waals surface area contributed by atoms with E-state index in [1.165, 1.54) is 17.7 Å². The van der Waals surface area contributed by atoms with Crippen LogP contribution in [0.1, 0.15) is 11.1 Å². The zero-order chi connectivity index (χ0) is 14.7. The molecule has 1 heterocycles. The first kappa shape index (κ1) is 13.8. The quantitative estimate of drug-likeness (QED) is 0.639. The van der Waals surface area contributed by atoms with Gasteiger partial charge in [0.2, 0.25) is 0 Å². The molecule has 4 nitrogen and oxygen atoms in total. The lowest BCUT2D eigenvalue weighted by Gasteiger charge is -2.04. The van der Waals surface area contributed by atoms with Crippen LogP contribution in [0.5, 0.6) is 0 Å². The van der Waals surface area contributed by atoms with Crippen LogP contribution in [-0.4, -0.2) is 21.8 Å². The van der Waals surface area contributed by atoms with Gasteiger partial charge in [0.05, 0.1) is 16.0 Å². The monoisotopic (exact) mass is 298 g/mol. The minimum Gasteiger partial charge on any atom is -0.273 e. The average Bonchev–Trinajstić information content (AvgIpc) is 2.97. The summed E-state index contributed by atoms with van der Waals surface area (Å²) in [4.78, 5) is 15.0. The lowest BCUT2D eigenvalue weighted by molar-refractivity contribution is -0.384. The predicted octanol–water partition coefficient (Wildman–Crippen LogP) is 3.70. The van der Waals surface area contributed by atoms with Gasteiger partial charge in [-0.05, 0) is 24.1 Å². The zero-order valence-electron chi connectivity index (χ0n) is 11.3. The third-order valence-corrected chi connectivity index (χ3v) is 4.52. The fraction of sp³-hybridized carbons (Fsp3) is 0.188. The molecule has 0 spiro atoms. The van der Waals surface area contributed by atoms with E-state index < -0.39 is 0 Å². The van der Waals surface area contributed by atoms with Crippen molar-refractivity contribution in [2.24, 2.45) is 4.99 Å². The maximum atomic E-state index is 10.7. The molecule has 5 heteroatoms. The SMILES string of the molecule is O=[N+]([O-])c1ccc(C2=NC(Cc3ccccc3)CS2)cc1. The molecule has 0 aromatic heterocycles. The van der Waals surface area contributed by atoms with Crippen molar-refractivity contribution in [2.75, 3.05) is 5.75 Å². The summed E-state index contributed by atoms with van der Waals surface area (Å²) < 4.78 is 0. The van der Waals surface area contributed by atoms with Gasteiger partial charge in [-0.3, -0.25) is 15.1 Å². The highest BCUT2D eigenvalue weighted by atomic mass is 32.2. The minimum atomic E-state index is -0.383. The molecule has 1 aliphatic heterocycles. The highest BCUT2D eigenvalue weighted by molar-refractivity contribution is 8.14. The smallest absolute Gasteiger partial charge is 0.269 e. The van der Waals surface area contributed by atoms with Crippen LogP contribution >= 0.6 is 11.8 Å². The van der Waals surface area contributed by atoms with E-state index in [1.54, 1.807) is 23.9 Å². The molecule has 0 aliphatic carbocycles. The number of rotatable bonds is 4. The van der Waals surface area contributed by atoms with Crippen molar-refractivity contribution in [3.8, 4) is 0 Å². The maximum absolute atomic E-state index is 10.7. The molecule has 0 N–H and O–H groups in total. The number of benzene rings is 2. The third-order valence-electron chi connectivity index (χ3n) is 3.35. The molecule has 0 saturated carbocycles. The van der Waals surface area contributed by atoms with E-state index >= 15 is 0 Å². The molecule has 21 heavy (non-hydrogen) atoms. The summed E-state index contributed by atoms with van der Waals surface area (Å²) in [7, 11) is 0. The van der Waals surface area contributed by atoms with Crippen molar-refractivity contribution < 1.29 is 4.92 Å². The summed E-state index contributed by atoms with van der Waals surface area (Å²) >= 11 is 1.72. The van der Waals surface area contributed by atoms with E-state index in [0.717, 1.165) is 22.8 Å². The van der Waals surface area contributed by atoms with Crippen molar-refractivity contribution in [1.29, 1.82) is 0 Å². The number of nitrogens with zero attached hydrogens (tertiary/aromatic N) is 2. The Morgan fingerprint density at radius 3 is 2.52 bits per heavy atom. The molecule has 0 bridgehead atoms. The summed E-state index contributed by atoms with van der Waals surface area (Å²) in [6.45, 7) is 0. The Kier molecular flexibility index (Phi) is 4.01. The van der Waals surface area contributed by atoms with Crippen molar-refractivity contribution in [1.82, 2.24) is 0 Å². The van der Waals surface area contributed by atoms with E-state index in [0.29, 0.717) is 0 Å². The second kappa shape index (κ2) is 6.10. The van der Waals surface area contributed by atoms with Gasteiger partial charge in [-0.15, -0.1) is 11.8 Å². The lowest BCUT2D eigenvalue weighted by Crippen LogP contribution is -2.07. The largest absolute Gasteiger partial charge is 0.273 e. The maximum Gasteiger partial charge on any atom is 0.269 e. The van der Waals surface area contributed by atoms with Crippen molar-refractivity contribution in [3.05, 3.63) is 75.8 Å². The fourth-order valence-electron chi connectivity index (χ4n) is 2.29. The Labute approximate surface area is 127 Å². The Balaban J connectivity index is 1.72. The zero-order valence-corrected chi connectivity index (χ0v) is 12.1. The number of aliphatic imine (C=N–C) groups is 1. The minimum absolute atomic E-state index is 0.114. The summed E-state index contributed by atoms with van der Waals surface area (Å²) in [5, 5.41) is 11.6. The van der Waals surface area contributed by atoms with Gasteiger partial charge in [0, 0.05) is 23.4 Å². The van der Waals surface area contributed by atoms with Gasteiger partial charge in [0.15, 0.2) is 0 Å². The second-order valence-corrected chi connectivity index (χ2v) is 5.90. The van der Waals surface area contributed by atoms with E-state index in [1.807, 2.05) is 18.2 Å². The number of non-ortho nitro benzene ring substituents is 1. The van der Waals surface area contributed by atoms with E-state index in [-0.39, 0.29) is 16.7 Å². The fourth-order valence-corrected chi connectivity index (χ4v) is 3.36. The second-order valence-electron chi connectivity index (χ2n) is 4.89. The molecule has 0 fully saturated rings. The van der Waals surface area contributed by atoms with Gasteiger partial charge in [-0.2, -0.15) is 0 Å². The van der Waals surface area contributed by atoms with Crippen LogP contribution in [0.2, 0.25) is 0 Å². The molecule has 106 valence electrons. The van der Waals surface area contributed by atoms with Gasteiger partial charge in [-0.1, -0.05) is 30.3 Å². The standard InChI is InChI=1S/C16H14N2O2S/c19-18(20)15-8-6-13(7-9-15)16-17-14(11-21-16)10-12-4-2-1-3-5-12/h1-9,14H,10-11H2. The van der Waals surface area contributed by atoms with Crippen LogP contribution in [0.15, 0.2) is 59.6 Å². The normalized spacial score (nSPS) is 17.5. The first-order valence-electron chi connectivity index (χ1n) is 6.72. The molecule has 3 rings (SSSR count). The van der Waals surface area contributed by atoms with Crippen molar-refractivity contribution >= 4 is 22.5 Å². The van der Waals surface area contributed by atoms with Crippen LogP contribution in [0.25, 0.3) is 0 Å². The number of hydrogen-bond acceptors (Lipinski definition) is 4. The van der Waals surface area contributed by atoms with E-state index in [4.69, 9.17) is 4.99 Å². The van der Waals surface area contributed by atoms with Gasteiger partial charge >= 0.3 is 0 Å². The number of hydrogen-bond donors (Lipinski definition) is 0. The number of nitro groups is 1. The highest BCUT2D eigenvalue weighted by Crippen LogP contribution is 2.26. The molecule has 0 amide bonds. The molecule has 1 unspecified atom stereocenters. The summed E-state index contributed by atoms with van der Waals surface area (Å²) in [6.07, 6.45) is 0.935. The van der Waals surface area contributed by atoms with Gasteiger partial charge < -0.3 is 0 Å². The van der Waals surface area contributed by atoms with Crippen molar-refractivity contribution in [2.45, 2.75) is 12.5 Å². The molecule has 2 aromatic carbocycles. The summed E-state index contributed by atoms with van der Waals surface area (Å²) in [5.41, 5.74) is 2.36. The highest BCUT2D eigenvalue weighted by Gasteiger charge is 2.20. The Hall–Kier alpha value is -2.14. The van der Waals surface area contributed by atoms with E-state index in [2.05, 4.69) is 12.1 Å². The topological polar surface area (TPSA) is 55.5 Å². The van der Waals surface area contributed by atoms with Crippen LogP contribution in [0.3, 0.4) is 0 Å².